The Labute approximate surface area is 193 Å². The van der Waals surface area contributed by atoms with Gasteiger partial charge in [-0.05, 0) is 48.7 Å². The summed E-state index contributed by atoms with van der Waals surface area (Å²) in [5, 5.41) is 14.5. The molecule has 7 nitrogen and oxygen atoms in total. The van der Waals surface area contributed by atoms with Crippen LogP contribution in [-0.2, 0) is 29.5 Å². The van der Waals surface area contributed by atoms with Crippen LogP contribution in [0.15, 0.2) is 72.5 Å². The molecule has 7 heteroatoms. The molecule has 0 aliphatic carbocycles. The van der Waals surface area contributed by atoms with Crippen molar-refractivity contribution in [1.29, 1.82) is 0 Å². The van der Waals surface area contributed by atoms with Crippen molar-refractivity contribution in [3.05, 3.63) is 89.1 Å². The van der Waals surface area contributed by atoms with E-state index in [4.69, 9.17) is 15.2 Å². The van der Waals surface area contributed by atoms with E-state index < -0.39 is 0 Å². The molecule has 3 N–H and O–H groups in total. The molecule has 0 unspecified atom stereocenters. The van der Waals surface area contributed by atoms with Crippen LogP contribution in [0.1, 0.15) is 30.5 Å². The molecule has 0 radical (unpaired) electrons. The van der Waals surface area contributed by atoms with Crippen LogP contribution < -0.4 is 10.5 Å². The van der Waals surface area contributed by atoms with Gasteiger partial charge in [0.05, 0.1) is 25.5 Å². The van der Waals surface area contributed by atoms with Crippen molar-refractivity contribution in [2.24, 2.45) is 12.8 Å². The molecular formula is C26H29N3O4. The summed E-state index contributed by atoms with van der Waals surface area (Å²) >= 11 is 0. The van der Waals surface area contributed by atoms with Gasteiger partial charge in [0, 0.05) is 36.5 Å². The summed E-state index contributed by atoms with van der Waals surface area (Å²) in [6, 6.07) is 13.3. The molecule has 0 amide bonds. The summed E-state index contributed by atoms with van der Waals surface area (Å²) in [6.07, 6.45) is 5.51. The maximum Gasteiger partial charge on any atom is 0.310 e. The lowest BCUT2D eigenvalue weighted by Gasteiger charge is -2.14. The van der Waals surface area contributed by atoms with Crippen molar-refractivity contribution in [2.75, 3.05) is 7.11 Å². The Kier molecular flexibility index (Phi) is 7.69. The van der Waals surface area contributed by atoms with Gasteiger partial charge in [-0.2, -0.15) is 5.10 Å². The molecule has 0 atom stereocenters. The van der Waals surface area contributed by atoms with Crippen molar-refractivity contribution in [3.8, 4) is 16.9 Å². The van der Waals surface area contributed by atoms with E-state index in [1.165, 1.54) is 7.11 Å². The lowest BCUT2D eigenvalue weighted by Crippen LogP contribution is -2.06. The summed E-state index contributed by atoms with van der Waals surface area (Å²) in [4.78, 5) is 11.9. The standard InChI is InChI=1S/C26H29N3O4/c1-17(10-24(18(2)30)21-7-5-6-19(11-21)14-27)33-25-12-20(23-15-28-29(3)16-23)8-9-22(25)13-26(31)32-4/h5-12,15-16,30H,13-14,27H2,1-4H3/b17-10+,24-18-. The molecule has 0 aliphatic heterocycles. The van der Waals surface area contributed by atoms with E-state index in [1.807, 2.05) is 55.7 Å². The van der Waals surface area contributed by atoms with Crippen LogP contribution >= 0.6 is 0 Å². The predicted molar refractivity (Wildman–Crippen MR) is 128 cm³/mol. The number of hydrogen-bond acceptors (Lipinski definition) is 6. The zero-order chi connectivity index (χ0) is 24.0. The van der Waals surface area contributed by atoms with Gasteiger partial charge in [-0.3, -0.25) is 9.48 Å². The van der Waals surface area contributed by atoms with Crippen molar-refractivity contribution in [3.63, 3.8) is 0 Å². The van der Waals surface area contributed by atoms with Crippen molar-refractivity contribution in [2.45, 2.75) is 26.8 Å². The minimum atomic E-state index is -0.360. The number of esters is 1. The molecule has 172 valence electrons. The third-order valence-electron chi connectivity index (χ3n) is 5.15. The Morgan fingerprint density at radius 2 is 1.97 bits per heavy atom. The number of aliphatic hydroxyl groups excluding tert-OH is 1. The molecule has 2 aromatic carbocycles. The second-order valence-corrected chi connectivity index (χ2v) is 7.74. The van der Waals surface area contributed by atoms with E-state index in [9.17, 15) is 9.90 Å². The Balaban J connectivity index is 1.98. The zero-order valence-corrected chi connectivity index (χ0v) is 19.3. The number of nitrogens with zero attached hydrogens (tertiary/aromatic N) is 2. The summed E-state index contributed by atoms with van der Waals surface area (Å²) in [5.41, 5.74) is 10.7. The van der Waals surface area contributed by atoms with Crippen LogP contribution in [0.3, 0.4) is 0 Å². The first kappa shape index (κ1) is 23.8. The molecule has 3 aromatic rings. The van der Waals surface area contributed by atoms with Crippen LogP contribution in [0.5, 0.6) is 5.75 Å². The van der Waals surface area contributed by atoms with Gasteiger partial charge in [-0.1, -0.05) is 30.3 Å². The normalized spacial score (nSPS) is 12.3. The van der Waals surface area contributed by atoms with E-state index in [0.717, 1.165) is 22.3 Å². The second-order valence-electron chi connectivity index (χ2n) is 7.74. The van der Waals surface area contributed by atoms with E-state index in [2.05, 4.69) is 5.10 Å². The minimum Gasteiger partial charge on any atom is -0.512 e. The number of ether oxygens (including phenoxy) is 2. The van der Waals surface area contributed by atoms with Gasteiger partial charge in [0.15, 0.2) is 0 Å². The number of hydrogen-bond donors (Lipinski definition) is 2. The fraction of sp³-hybridized carbons (Fsp3) is 0.231. The van der Waals surface area contributed by atoms with Gasteiger partial charge in [0.1, 0.15) is 11.5 Å². The molecular weight excluding hydrogens is 418 g/mol. The molecule has 3 rings (SSSR count). The average molecular weight is 448 g/mol. The lowest BCUT2D eigenvalue weighted by molar-refractivity contribution is -0.139. The maximum atomic E-state index is 11.9. The zero-order valence-electron chi connectivity index (χ0n) is 19.3. The molecule has 1 aromatic heterocycles. The van der Waals surface area contributed by atoms with Crippen molar-refractivity contribution >= 4 is 11.5 Å². The van der Waals surface area contributed by atoms with Gasteiger partial charge in [0.25, 0.3) is 0 Å². The molecule has 33 heavy (non-hydrogen) atoms. The number of aryl methyl sites for hydroxylation is 1. The largest absolute Gasteiger partial charge is 0.512 e. The smallest absolute Gasteiger partial charge is 0.310 e. The molecule has 0 bridgehead atoms. The quantitative estimate of drug-likeness (QED) is 0.299. The van der Waals surface area contributed by atoms with Crippen molar-refractivity contribution in [1.82, 2.24) is 9.78 Å². The number of benzene rings is 2. The number of rotatable bonds is 8. The highest BCUT2D eigenvalue weighted by Crippen LogP contribution is 2.30. The molecule has 0 saturated carbocycles. The molecule has 0 fully saturated rings. The van der Waals surface area contributed by atoms with Crippen molar-refractivity contribution < 1.29 is 19.4 Å². The monoisotopic (exact) mass is 447 g/mol. The fourth-order valence-electron chi connectivity index (χ4n) is 3.44. The first-order valence-corrected chi connectivity index (χ1v) is 10.5. The average Bonchev–Trinajstić information content (AvgIpc) is 3.24. The predicted octanol–water partition coefficient (Wildman–Crippen LogP) is 4.53. The molecule has 0 saturated heterocycles. The summed E-state index contributed by atoms with van der Waals surface area (Å²) in [5.74, 6) is 0.874. The third kappa shape index (κ3) is 6.11. The second kappa shape index (κ2) is 10.7. The van der Waals surface area contributed by atoms with Crippen LogP contribution in [0, 0.1) is 0 Å². The SMILES string of the molecule is COC(=O)Cc1ccc(-c2cnn(C)c2)cc1O/C(C)=C/C(=C(\C)O)c1cccc(CN)c1. The maximum absolute atomic E-state index is 11.9. The first-order chi connectivity index (χ1) is 15.8. The molecule has 0 spiro atoms. The molecule has 1 heterocycles. The van der Waals surface area contributed by atoms with E-state index >= 15 is 0 Å². The number of aromatic nitrogens is 2. The molecule has 0 aliphatic rings. The Morgan fingerprint density at radius 3 is 2.61 bits per heavy atom. The Hall–Kier alpha value is -3.84. The number of nitrogens with two attached hydrogens (primary N) is 1. The van der Waals surface area contributed by atoms with E-state index in [0.29, 0.717) is 29.2 Å². The summed E-state index contributed by atoms with van der Waals surface area (Å²) < 4.78 is 12.7. The van der Waals surface area contributed by atoms with Crippen LogP contribution in [0.4, 0.5) is 0 Å². The fourth-order valence-corrected chi connectivity index (χ4v) is 3.44. The van der Waals surface area contributed by atoms with Gasteiger partial charge in [0.2, 0.25) is 0 Å². The van der Waals surface area contributed by atoms with Gasteiger partial charge in [-0.15, -0.1) is 0 Å². The highest BCUT2D eigenvalue weighted by atomic mass is 16.5. The van der Waals surface area contributed by atoms with E-state index in [1.54, 1.807) is 30.8 Å². The van der Waals surface area contributed by atoms with E-state index in [-0.39, 0.29) is 18.1 Å². The minimum absolute atomic E-state index is 0.0761. The Morgan fingerprint density at radius 1 is 1.18 bits per heavy atom. The number of methoxy groups -OCH3 is 1. The topological polar surface area (TPSA) is 99.6 Å². The Bertz CT molecular complexity index is 1200. The van der Waals surface area contributed by atoms with Crippen LogP contribution in [0.25, 0.3) is 16.7 Å². The summed E-state index contributed by atoms with van der Waals surface area (Å²) in [7, 11) is 3.21. The highest BCUT2D eigenvalue weighted by molar-refractivity contribution is 5.77. The number of allylic oxidation sites excluding steroid dienone is 4. The van der Waals surface area contributed by atoms with Gasteiger partial charge >= 0.3 is 5.97 Å². The summed E-state index contributed by atoms with van der Waals surface area (Å²) in [6.45, 7) is 3.83. The number of carbonyl (C=O) groups excluding carboxylic acids is 1. The van der Waals surface area contributed by atoms with Crippen LogP contribution in [0.2, 0.25) is 0 Å². The number of aliphatic hydroxyl groups is 1. The van der Waals surface area contributed by atoms with Gasteiger partial charge in [-0.25, -0.2) is 0 Å². The van der Waals surface area contributed by atoms with Gasteiger partial charge < -0.3 is 20.3 Å². The number of carbonyl (C=O) groups is 1. The first-order valence-electron chi connectivity index (χ1n) is 10.5. The third-order valence-corrected chi connectivity index (χ3v) is 5.15. The highest BCUT2D eigenvalue weighted by Gasteiger charge is 2.14. The van der Waals surface area contributed by atoms with Crippen LogP contribution in [-0.4, -0.2) is 28.0 Å². The lowest BCUT2D eigenvalue weighted by atomic mass is 10.0.